The molecule has 0 heterocycles. The fourth-order valence-corrected chi connectivity index (χ4v) is 7.08. The van der Waals surface area contributed by atoms with Gasteiger partial charge in [-0.1, -0.05) is 222 Å². The molecule has 0 radical (unpaired) electrons. The number of carboxylic acids is 1. The number of ether oxygens (including phenoxy) is 4. The minimum Gasteiger partial charge on any atom is -0.545 e. The lowest BCUT2D eigenvalue weighted by Gasteiger charge is -2.26. The van der Waals surface area contributed by atoms with Crippen molar-refractivity contribution in [1.29, 1.82) is 0 Å². The second-order valence-corrected chi connectivity index (χ2v) is 18.5. The first-order chi connectivity index (χ1) is 31.1. The van der Waals surface area contributed by atoms with Gasteiger partial charge < -0.3 is 33.3 Å². The van der Waals surface area contributed by atoms with E-state index >= 15 is 0 Å². The predicted molar refractivity (Wildman–Crippen MR) is 265 cm³/mol. The number of carbonyl (C=O) groups excluding carboxylic acids is 3. The Balaban J connectivity index is 4.32. The third-order valence-corrected chi connectivity index (χ3v) is 11.1. The van der Waals surface area contributed by atoms with E-state index in [0.717, 1.165) is 44.9 Å². The molecule has 0 saturated heterocycles. The van der Waals surface area contributed by atoms with Crippen molar-refractivity contribution >= 4 is 17.9 Å². The number of rotatable bonds is 47. The zero-order valence-corrected chi connectivity index (χ0v) is 41.9. The molecule has 0 saturated carbocycles. The molecule has 0 aromatic heterocycles. The first-order valence-electron chi connectivity index (χ1n) is 25.9. The van der Waals surface area contributed by atoms with Gasteiger partial charge in [-0.3, -0.25) is 9.59 Å². The van der Waals surface area contributed by atoms with Crippen molar-refractivity contribution in [2.45, 2.75) is 225 Å². The molecule has 0 fully saturated rings. The summed E-state index contributed by atoms with van der Waals surface area (Å²) in [6.45, 7) is 4.53. The number of allylic oxidation sites excluding steroid dienone is 9. The zero-order chi connectivity index (χ0) is 47.0. The SMILES string of the molecule is CC/C=C\C/C=C\C/C=C\C/C=C\C/C=C\CC(=O)OC(COC(=O)CCCCCCCCCCCCCCCCCCCCCCCCCC)COC(OCC[N+](C)(C)C)C(=O)[O-]. The van der Waals surface area contributed by atoms with E-state index in [1.165, 1.54) is 135 Å². The molecule has 370 valence electrons. The third-order valence-electron chi connectivity index (χ3n) is 11.1. The Labute approximate surface area is 393 Å². The number of hydrogen-bond acceptors (Lipinski definition) is 8. The van der Waals surface area contributed by atoms with Gasteiger partial charge in [-0.2, -0.15) is 0 Å². The monoisotopic (exact) mass is 900 g/mol. The van der Waals surface area contributed by atoms with Crippen LogP contribution in [0.2, 0.25) is 0 Å². The summed E-state index contributed by atoms with van der Waals surface area (Å²) in [5.74, 6) is -2.45. The normalized spacial score (nSPS) is 13.3. The lowest BCUT2D eigenvalue weighted by Crippen LogP contribution is -2.44. The van der Waals surface area contributed by atoms with E-state index in [-0.39, 0.29) is 38.6 Å². The van der Waals surface area contributed by atoms with E-state index < -0.39 is 24.3 Å². The molecule has 0 amide bonds. The lowest BCUT2D eigenvalue weighted by molar-refractivity contribution is -0.870. The lowest BCUT2D eigenvalue weighted by atomic mass is 10.0. The van der Waals surface area contributed by atoms with Crippen LogP contribution in [0.25, 0.3) is 0 Å². The van der Waals surface area contributed by atoms with Crippen LogP contribution < -0.4 is 5.11 Å². The van der Waals surface area contributed by atoms with Crippen molar-refractivity contribution in [2.75, 3.05) is 47.5 Å². The summed E-state index contributed by atoms with van der Waals surface area (Å²) < 4.78 is 22.5. The summed E-state index contributed by atoms with van der Waals surface area (Å²) in [4.78, 5) is 37.0. The van der Waals surface area contributed by atoms with Crippen LogP contribution in [0, 0.1) is 0 Å². The van der Waals surface area contributed by atoms with Crippen LogP contribution in [0.1, 0.15) is 213 Å². The van der Waals surface area contributed by atoms with Crippen molar-refractivity contribution < 1.29 is 42.9 Å². The van der Waals surface area contributed by atoms with Gasteiger partial charge in [0.15, 0.2) is 12.4 Å². The van der Waals surface area contributed by atoms with E-state index in [1.807, 2.05) is 33.3 Å². The van der Waals surface area contributed by atoms with E-state index in [1.54, 1.807) is 6.08 Å². The molecule has 0 spiro atoms. The van der Waals surface area contributed by atoms with Crippen LogP contribution in [-0.4, -0.2) is 82.3 Å². The van der Waals surface area contributed by atoms with E-state index in [2.05, 4.69) is 56.4 Å². The number of nitrogens with zero attached hydrogens (tertiary/aromatic N) is 1. The van der Waals surface area contributed by atoms with Gasteiger partial charge >= 0.3 is 11.9 Å². The summed E-state index contributed by atoms with van der Waals surface area (Å²) in [5.41, 5.74) is 0. The Bertz CT molecular complexity index is 1230. The number of hydrogen-bond donors (Lipinski definition) is 0. The molecule has 9 nitrogen and oxygen atoms in total. The summed E-state index contributed by atoms with van der Waals surface area (Å²) in [7, 11) is 5.88. The number of esters is 2. The van der Waals surface area contributed by atoms with Gasteiger partial charge in [0.05, 0.1) is 46.7 Å². The Hall–Kier alpha value is -3.01. The van der Waals surface area contributed by atoms with Crippen molar-refractivity contribution in [3.05, 3.63) is 60.8 Å². The van der Waals surface area contributed by atoms with Crippen LogP contribution in [0.4, 0.5) is 0 Å². The van der Waals surface area contributed by atoms with Gasteiger partial charge in [0.25, 0.3) is 0 Å². The number of quaternary nitrogens is 1. The Kier molecular flexibility index (Phi) is 44.3. The highest BCUT2D eigenvalue weighted by atomic mass is 16.7. The standard InChI is InChI=1S/C55H97NO8/c1-6-8-10-12-14-16-18-20-22-23-24-25-26-27-28-29-30-32-33-35-37-39-41-43-45-52(57)62-49-51(50-63-55(54(59)60)61-48-47-56(3,4)5)64-53(58)46-44-42-40-38-36-34-31-21-19-17-15-13-11-9-7-2/h9,11,15,17,21,31,36,38,42,44,51,55H,6-8,10,12-14,16,18-20,22-30,32-35,37,39-41,43,45-50H2,1-5H3/b11-9-,17-15-,31-21-,38-36-,44-42-. The number of unbranched alkanes of at least 4 members (excludes halogenated alkanes) is 23. The average molecular weight is 900 g/mol. The molecule has 0 bridgehead atoms. The fraction of sp³-hybridized carbons (Fsp3) is 0.764. The Morgan fingerprint density at radius 2 is 0.875 bits per heavy atom. The molecule has 0 aromatic rings. The molecule has 0 aliphatic rings. The van der Waals surface area contributed by atoms with E-state index in [9.17, 15) is 19.5 Å². The molecule has 0 aliphatic carbocycles. The quantitative estimate of drug-likeness (QED) is 0.0195. The fourth-order valence-electron chi connectivity index (χ4n) is 7.08. The number of carbonyl (C=O) groups is 3. The highest BCUT2D eigenvalue weighted by Gasteiger charge is 2.21. The first-order valence-corrected chi connectivity index (χ1v) is 25.9. The topological polar surface area (TPSA) is 111 Å². The molecule has 64 heavy (non-hydrogen) atoms. The molecule has 2 atom stereocenters. The minimum atomic E-state index is -1.65. The molecule has 0 rings (SSSR count). The van der Waals surface area contributed by atoms with Gasteiger partial charge in [-0.05, 0) is 38.5 Å². The summed E-state index contributed by atoms with van der Waals surface area (Å²) >= 11 is 0. The van der Waals surface area contributed by atoms with Gasteiger partial charge in [-0.25, -0.2) is 0 Å². The van der Waals surface area contributed by atoms with Gasteiger partial charge in [0.1, 0.15) is 13.2 Å². The minimum absolute atomic E-state index is 0.0153. The average Bonchev–Trinajstić information content (AvgIpc) is 3.26. The molecule has 9 heteroatoms. The predicted octanol–water partition coefficient (Wildman–Crippen LogP) is 13.2. The maximum atomic E-state index is 12.7. The van der Waals surface area contributed by atoms with E-state index in [4.69, 9.17) is 18.9 Å². The molecule has 0 aromatic carbocycles. The molecule has 2 unspecified atom stereocenters. The number of carboxylic acid groups (broad SMARTS) is 1. The van der Waals surface area contributed by atoms with Crippen molar-refractivity contribution in [3.63, 3.8) is 0 Å². The maximum Gasteiger partial charge on any atom is 0.310 e. The van der Waals surface area contributed by atoms with Gasteiger partial charge in [0.2, 0.25) is 0 Å². The second-order valence-electron chi connectivity index (χ2n) is 18.5. The summed E-state index contributed by atoms with van der Waals surface area (Å²) in [6.07, 6.45) is 54.5. The number of aliphatic carboxylic acids is 1. The molecule has 0 aliphatic heterocycles. The molecular weight excluding hydrogens is 803 g/mol. The van der Waals surface area contributed by atoms with Gasteiger partial charge in [-0.15, -0.1) is 0 Å². The van der Waals surface area contributed by atoms with Crippen LogP contribution in [-0.2, 0) is 33.3 Å². The summed E-state index contributed by atoms with van der Waals surface area (Å²) in [5, 5.41) is 11.7. The largest absolute Gasteiger partial charge is 0.545 e. The van der Waals surface area contributed by atoms with Crippen molar-refractivity contribution in [1.82, 2.24) is 0 Å². The van der Waals surface area contributed by atoms with Crippen LogP contribution >= 0.6 is 0 Å². The highest BCUT2D eigenvalue weighted by molar-refractivity contribution is 5.71. The Morgan fingerprint density at radius 3 is 1.27 bits per heavy atom. The van der Waals surface area contributed by atoms with Gasteiger partial charge in [0, 0.05) is 6.42 Å². The molecular formula is C55H97NO8. The Morgan fingerprint density at radius 1 is 0.484 bits per heavy atom. The first kappa shape index (κ1) is 61.0. The maximum absolute atomic E-state index is 12.7. The van der Waals surface area contributed by atoms with Crippen molar-refractivity contribution in [2.24, 2.45) is 0 Å². The van der Waals surface area contributed by atoms with Crippen molar-refractivity contribution in [3.8, 4) is 0 Å². The van der Waals surface area contributed by atoms with Crippen LogP contribution in [0.5, 0.6) is 0 Å². The van der Waals surface area contributed by atoms with Crippen LogP contribution in [0.15, 0.2) is 60.8 Å². The second kappa shape index (κ2) is 46.5. The smallest absolute Gasteiger partial charge is 0.310 e. The highest BCUT2D eigenvalue weighted by Crippen LogP contribution is 2.16. The molecule has 0 N–H and O–H groups in total. The zero-order valence-electron chi connectivity index (χ0n) is 41.9. The van der Waals surface area contributed by atoms with Crippen LogP contribution in [0.3, 0.4) is 0 Å². The van der Waals surface area contributed by atoms with E-state index in [0.29, 0.717) is 17.4 Å². The summed E-state index contributed by atoms with van der Waals surface area (Å²) in [6, 6.07) is 0. The third kappa shape index (κ3) is 47.0. The number of likely N-dealkylation sites (N-methyl/N-ethyl adjacent to an activating group) is 1.